The monoisotopic (exact) mass is 336 g/mol. The van der Waals surface area contributed by atoms with Crippen LogP contribution < -0.4 is 9.47 Å². The summed E-state index contributed by atoms with van der Waals surface area (Å²) in [5.41, 5.74) is 0.441. The standard InChI is InChI=1S/C17H11F3O4/c18-12-4-1-10(2-5-12)13(21)6-7-14(22)11-3-8-15-16(9-11)24-17(19,20)23-15/h1-5,8-9H,6-7H2. The van der Waals surface area contributed by atoms with Crippen LogP contribution in [-0.2, 0) is 0 Å². The highest BCUT2D eigenvalue weighted by Gasteiger charge is 2.43. The zero-order valence-corrected chi connectivity index (χ0v) is 12.2. The van der Waals surface area contributed by atoms with Gasteiger partial charge in [0.25, 0.3) is 0 Å². The van der Waals surface area contributed by atoms with Crippen LogP contribution in [0.2, 0.25) is 0 Å². The minimum atomic E-state index is -3.75. The molecule has 3 rings (SSSR count). The molecule has 0 aliphatic carbocycles. The lowest BCUT2D eigenvalue weighted by Crippen LogP contribution is -2.25. The van der Waals surface area contributed by atoms with Gasteiger partial charge in [-0.15, -0.1) is 8.78 Å². The Balaban J connectivity index is 1.64. The van der Waals surface area contributed by atoms with Crippen molar-refractivity contribution in [2.24, 2.45) is 0 Å². The van der Waals surface area contributed by atoms with Crippen molar-refractivity contribution in [1.82, 2.24) is 0 Å². The Morgan fingerprint density at radius 2 is 1.38 bits per heavy atom. The number of benzene rings is 2. The minimum absolute atomic E-state index is 0.0743. The van der Waals surface area contributed by atoms with Crippen LogP contribution in [0.4, 0.5) is 13.2 Å². The third-order valence-corrected chi connectivity index (χ3v) is 3.47. The molecule has 0 spiro atoms. The molecule has 2 aromatic rings. The molecule has 0 atom stereocenters. The van der Waals surface area contributed by atoms with E-state index in [2.05, 4.69) is 9.47 Å². The number of carbonyl (C=O) groups is 2. The molecule has 124 valence electrons. The highest BCUT2D eigenvalue weighted by Crippen LogP contribution is 2.41. The molecule has 1 aliphatic heterocycles. The summed E-state index contributed by atoms with van der Waals surface area (Å²) < 4.78 is 47.2. The Morgan fingerprint density at radius 3 is 2.04 bits per heavy atom. The molecule has 1 aliphatic rings. The molecule has 0 saturated heterocycles. The van der Waals surface area contributed by atoms with E-state index in [1.54, 1.807) is 0 Å². The van der Waals surface area contributed by atoms with Crippen molar-refractivity contribution in [1.29, 1.82) is 0 Å². The van der Waals surface area contributed by atoms with Crippen LogP contribution in [0.1, 0.15) is 33.6 Å². The van der Waals surface area contributed by atoms with Gasteiger partial charge in [0.05, 0.1) is 0 Å². The second kappa shape index (κ2) is 5.99. The summed E-state index contributed by atoms with van der Waals surface area (Å²) in [6.07, 6.45) is -3.93. The van der Waals surface area contributed by atoms with Crippen molar-refractivity contribution in [3.8, 4) is 11.5 Å². The fourth-order valence-corrected chi connectivity index (χ4v) is 2.27. The fourth-order valence-electron chi connectivity index (χ4n) is 2.27. The summed E-state index contributed by atoms with van der Waals surface area (Å²) in [4.78, 5) is 24.0. The Bertz CT molecular complexity index is 800. The molecule has 0 saturated carbocycles. The zero-order chi connectivity index (χ0) is 17.3. The molecule has 4 nitrogen and oxygen atoms in total. The van der Waals surface area contributed by atoms with Crippen molar-refractivity contribution in [2.45, 2.75) is 19.1 Å². The Kier molecular flexibility index (Phi) is 4.01. The molecule has 2 aromatic carbocycles. The number of hydrogen-bond donors (Lipinski definition) is 0. The van der Waals surface area contributed by atoms with Gasteiger partial charge in [-0.05, 0) is 42.5 Å². The van der Waals surface area contributed by atoms with Crippen molar-refractivity contribution in [2.75, 3.05) is 0 Å². The Hall–Kier alpha value is -2.83. The average Bonchev–Trinajstić information content (AvgIpc) is 2.85. The average molecular weight is 336 g/mol. The molecular weight excluding hydrogens is 325 g/mol. The number of Topliss-reactive ketones (excluding diaryl/α,β-unsaturated/α-hetero) is 2. The maximum atomic E-state index is 12.9. The Labute approximate surface area is 134 Å². The van der Waals surface area contributed by atoms with Gasteiger partial charge >= 0.3 is 6.29 Å². The zero-order valence-electron chi connectivity index (χ0n) is 12.2. The first-order chi connectivity index (χ1) is 11.3. The maximum absolute atomic E-state index is 12.9. The molecular formula is C17H11F3O4. The summed E-state index contributed by atoms with van der Waals surface area (Å²) in [6.45, 7) is 0. The summed E-state index contributed by atoms with van der Waals surface area (Å²) in [5.74, 6) is -1.54. The lowest BCUT2D eigenvalue weighted by molar-refractivity contribution is -0.286. The van der Waals surface area contributed by atoms with Crippen molar-refractivity contribution in [3.05, 3.63) is 59.4 Å². The molecule has 0 unspecified atom stereocenters. The van der Waals surface area contributed by atoms with Gasteiger partial charge in [0.1, 0.15) is 5.82 Å². The molecule has 0 radical (unpaired) electrons. The summed E-state index contributed by atoms with van der Waals surface area (Å²) in [5, 5.41) is 0. The summed E-state index contributed by atoms with van der Waals surface area (Å²) in [6, 6.07) is 8.69. The predicted molar refractivity (Wildman–Crippen MR) is 76.9 cm³/mol. The van der Waals surface area contributed by atoms with Gasteiger partial charge in [0, 0.05) is 24.0 Å². The van der Waals surface area contributed by atoms with Crippen LogP contribution in [0, 0.1) is 5.82 Å². The quantitative estimate of drug-likeness (QED) is 0.775. The number of alkyl halides is 2. The third-order valence-electron chi connectivity index (χ3n) is 3.47. The number of carbonyl (C=O) groups excluding carboxylic acids is 2. The van der Waals surface area contributed by atoms with E-state index in [4.69, 9.17) is 0 Å². The molecule has 0 N–H and O–H groups in total. The van der Waals surface area contributed by atoms with Gasteiger partial charge in [-0.1, -0.05) is 0 Å². The predicted octanol–water partition coefficient (Wildman–Crippen LogP) is 3.99. The van der Waals surface area contributed by atoms with Gasteiger partial charge < -0.3 is 9.47 Å². The molecule has 0 amide bonds. The number of rotatable bonds is 5. The van der Waals surface area contributed by atoms with Crippen LogP contribution in [0.5, 0.6) is 11.5 Å². The summed E-state index contributed by atoms with van der Waals surface area (Å²) >= 11 is 0. The van der Waals surface area contributed by atoms with Crippen LogP contribution in [0.3, 0.4) is 0 Å². The fraction of sp³-hybridized carbons (Fsp3) is 0.176. The normalized spacial score (nSPS) is 14.5. The molecule has 0 aromatic heterocycles. The maximum Gasteiger partial charge on any atom is 0.586 e. The molecule has 24 heavy (non-hydrogen) atoms. The van der Waals surface area contributed by atoms with Crippen LogP contribution in [-0.4, -0.2) is 17.9 Å². The SMILES string of the molecule is O=C(CCC(=O)c1ccc2c(c1)OC(F)(F)O2)c1ccc(F)cc1. The van der Waals surface area contributed by atoms with E-state index in [9.17, 15) is 22.8 Å². The van der Waals surface area contributed by atoms with E-state index in [1.165, 1.54) is 24.3 Å². The van der Waals surface area contributed by atoms with E-state index in [0.717, 1.165) is 18.2 Å². The van der Waals surface area contributed by atoms with Crippen molar-refractivity contribution < 1.29 is 32.2 Å². The number of fused-ring (bicyclic) bond motifs is 1. The Morgan fingerprint density at radius 1 is 0.833 bits per heavy atom. The van der Waals surface area contributed by atoms with Gasteiger partial charge in [0.2, 0.25) is 0 Å². The number of ether oxygens (including phenoxy) is 2. The second-order valence-electron chi connectivity index (χ2n) is 5.18. The topological polar surface area (TPSA) is 52.6 Å². The number of ketones is 2. The third kappa shape index (κ3) is 3.40. The summed E-state index contributed by atoms with van der Waals surface area (Å²) in [7, 11) is 0. The van der Waals surface area contributed by atoms with E-state index in [-0.39, 0.29) is 35.7 Å². The molecule has 0 bridgehead atoms. The van der Waals surface area contributed by atoms with Gasteiger partial charge in [-0.2, -0.15) is 0 Å². The highest BCUT2D eigenvalue weighted by molar-refractivity contribution is 6.02. The van der Waals surface area contributed by atoms with Gasteiger partial charge in [-0.3, -0.25) is 9.59 Å². The molecule has 7 heteroatoms. The first kappa shape index (κ1) is 16.0. The minimum Gasteiger partial charge on any atom is -0.395 e. The first-order valence-corrected chi connectivity index (χ1v) is 7.06. The highest BCUT2D eigenvalue weighted by atomic mass is 19.3. The second-order valence-corrected chi connectivity index (χ2v) is 5.18. The lowest BCUT2D eigenvalue weighted by Gasteiger charge is -2.04. The van der Waals surface area contributed by atoms with E-state index in [0.29, 0.717) is 5.56 Å². The van der Waals surface area contributed by atoms with Crippen molar-refractivity contribution in [3.63, 3.8) is 0 Å². The van der Waals surface area contributed by atoms with E-state index < -0.39 is 17.9 Å². The largest absolute Gasteiger partial charge is 0.586 e. The van der Waals surface area contributed by atoms with E-state index >= 15 is 0 Å². The number of hydrogen-bond acceptors (Lipinski definition) is 4. The van der Waals surface area contributed by atoms with Gasteiger partial charge in [-0.25, -0.2) is 4.39 Å². The molecule has 0 fully saturated rings. The number of halogens is 3. The van der Waals surface area contributed by atoms with Crippen LogP contribution in [0.25, 0.3) is 0 Å². The van der Waals surface area contributed by atoms with Crippen LogP contribution >= 0.6 is 0 Å². The van der Waals surface area contributed by atoms with Crippen LogP contribution in [0.15, 0.2) is 42.5 Å². The smallest absolute Gasteiger partial charge is 0.395 e. The molecule has 1 heterocycles. The first-order valence-electron chi connectivity index (χ1n) is 7.06. The van der Waals surface area contributed by atoms with Crippen molar-refractivity contribution >= 4 is 11.6 Å². The van der Waals surface area contributed by atoms with Gasteiger partial charge in [0.15, 0.2) is 23.1 Å². The lowest BCUT2D eigenvalue weighted by atomic mass is 10.0. The van der Waals surface area contributed by atoms with E-state index in [1.807, 2.05) is 0 Å².